The fraction of sp³-hybridized carbons (Fsp3) is 0.312. The SMILES string of the molecule is COc1c[c]c(-c2cc(OC)c(OC)c(OC)c2)nc1OC. The molecule has 1 heterocycles. The quantitative estimate of drug-likeness (QED) is 0.817. The number of rotatable bonds is 6. The minimum absolute atomic E-state index is 0.380. The molecule has 6 heteroatoms. The molecule has 0 fully saturated rings. The number of hydrogen-bond donors (Lipinski definition) is 0. The van der Waals surface area contributed by atoms with Crippen LogP contribution in [0, 0.1) is 6.07 Å². The van der Waals surface area contributed by atoms with E-state index in [2.05, 4.69) is 11.1 Å². The normalized spacial score (nSPS) is 10.0. The van der Waals surface area contributed by atoms with Gasteiger partial charge in [-0.15, -0.1) is 0 Å². The second kappa shape index (κ2) is 6.89. The zero-order chi connectivity index (χ0) is 16.1. The summed E-state index contributed by atoms with van der Waals surface area (Å²) in [6.07, 6.45) is 0. The van der Waals surface area contributed by atoms with Gasteiger partial charge in [0.1, 0.15) is 0 Å². The van der Waals surface area contributed by atoms with Gasteiger partial charge in [0.05, 0.1) is 41.2 Å². The van der Waals surface area contributed by atoms with Gasteiger partial charge >= 0.3 is 0 Å². The number of methoxy groups -OCH3 is 5. The Balaban J connectivity index is 2.57. The summed E-state index contributed by atoms with van der Waals surface area (Å²) < 4.78 is 26.4. The Bertz CT molecular complexity index is 632. The second-order valence-corrected chi connectivity index (χ2v) is 4.24. The van der Waals surface area contributed by atoms with E-state index in [4.69, 9.17) is 23.7 Å². The van der Waals surface area contributed by atoms with Gasteiger partial charge < -0.3 is 23.7 Å². The second-order valence-electron chi connectivity index (χ2n) is 4.24. The largest absolute Gasteiger partial charge is 0.493 e. The summed E-state index contributed by atoms with van der Waals surface area (Å²) in [6.45, 7) is 0. The van der Waals surface area contributed by atoms with Crippen LogP contribution in [-0.4, -0.2) is 40.5 Å². The average molecular weight is 304 g/mol. The predicted molar refractivity (Wildman–Crippen MR) is 81.3 cm³/mol. The fourth-order valence-electron chi connectivity index (χ4n) is 2.04. The van der Waals surface area contributed by atoms with Crippen LogP contribution in [0.5, 0.6) is 28.9 Å². The molecule has 0 aliphatic heterocycles. The fourth-order valence-corrected chi connectivity index (χ4v) is 2.04. The van der Waals surface area contributed by atoms with E-state index in [1.807, 2.05) is 0 Å². The first-order chi connectivity index (χ1) is 10.7. The highest BCUT2D eigenvalue weighted by atomic mass is 16.5. The summed E-state index contributed by atoms with van der Waals surface area (Å²) in [5.41, 5.74) is 1.34. The van der Waals surface area contributed by atoms with E-state index in [9.17, 15) is 0 Å². The number of nitrogens with zero attached hydrogens (tertiary/aromatic N) is 1. The van der Waals surface area contributed by atoms with Crippen molar-refractivity contribution in [2.24, 2.45) is 0 Å². The molecule has 0 aliphatic carbocycles. The highest BCUT2D eigenvalue weighted by Gasteiger charge is 2.16. The lowest BCUT2D eigenvalue weighted by molar-refractivity contribution is 0.324. The van der Waals surface area contributed by atoms with Gasteiger partial charge in [0.25, 0.3) is 5.88 Å². The van der Waals surface area contributed by atoms with Gasteiger partial charge in [-0.1, -0.05) is 0 Å². The van der Waals surface area contributed by atoms with Crippen LogP contribution in [0.4, 0.5) is 0 Å². The molecule has 0 saturated carbocycles. The molecule has 0 amide bonds. The molecule has 0 aliphatic rings. The topological polar surface area (TPSA) is 59.0 Å². The number of ether oxygens (including phenoxy) is 5. The zero-order valence-electron chi connectivity index (χ0n) is 13.2. The van der Waals surface area contributed by atoms with E-state index in [0.29, 0.717) is 34.6 Å². The van der Waals surface area contributed by atoms with E-state index in [0.717, 1.165) is 5.56 Å². The monoisotopic (exact) mass is 304 g/mol. The highest BCUT2D eigenvalue weighted by molar-refractivity contribution is 5.69. The van der Waals surface area contributed by atoms with Crippen LogP contribution < -0.4 is 23.7 Å². The summed E-state index contributed by atoms with van der Waals surface area (Å²) in [5.74, 6) is 2.50. The Morgan fingerprint density at radius 3 is 1.82 bits per heavy atom. The summed E-state index contributed by atoms with van der Waals surface area (Å²) in [6, 6.07) is 8.32. The van der Waals surface area contributed by atoms with Gasteiger partial charge in [0.15, 0.2) is 17.2 Å². The molecular formula is C16H18NO5. The van der Waals surface area contributed by atoms with Crippen molar-refractivity contribution in [1.82, 2.24) is 4.98 Å². The Kier molecular flexibility index (Phi) is 4.93. The standard InChI is InChI=1S/C16H18NO5/c1-18-12-7-6-11(17-16(12)22-5)10-8-13(19-2)15(21-4)14(9-10)20-3/h7-9H,1-5H3. The molecule has 0 N–H and O–H groups in total. The van der Waals surface area contributed by atoms with Crippen molar-refractivity contribution in [3.8, 4) is 40.1 Å². The molecule has 1 aromatic heterocycles. The van der Waals surface area contributed by atoms with Gasteiger partial charge in [-0.2, -0.15) is 0 Å². The first-order valence-corrected chi connectivity index (χ1v) is 6.49. The first kappa shape index (κ1) is 15.8. The van der Waals surface area contributed by atoms with Gasteiger partial charge in [-0.05, 0) is 18.2 Å². The third-order valence-corrected chi connectivity index (χ3v) is 3.12. The number of pyridine rings is 1. The molecule has 22 heavy (non-hydrogen) atoms. The Hall–Kier alpha value is -2.63. The van der Waals surface area contributed by atoms with Crippen molar-refractivity contribution >= 4 is 0 Å². The minimum Gasteiger partial charge on any atom is -0.493 e. The molecule has 0 atom stereocenters. The van der Waals surface area contributed by atoms with Crippen molar-refractivity contribution in [3.05, 3.63) is 24.3 Å². The first-order valence-electron chi connectivity index (χ1n) is 6.49. The molecule has 1 aromatic carbocycles. The van der Waals surface area contributed by atoms with Crippen molar-refractivity contribution in [1.29, 1.82) is 0 Å². The Labute approximate surface area is 129 Å². The third kappa shape index (κ3) is 2.86. The lowest BCUT2D eigenvalue weighted by atomic mass is 10.1. The average Bonchev–Trinajstić information content (AvgIpc) is 2.59. The van der Waals surface area contributed by atoms with E-state index in [1.165, 1.54) is 7.11 Å². The smallest absolute Gasteiger partial charge is 0.257 e. The van der Waals surface area contributed by atoms with Gasteiger partial charge in [-0.25, -0.2) is 4.98 Å². The predicted octanol–water partition coefficient (Wildman–Crippen LogP) is 2.59. The van der Waals surface area contributed by atoms with Crippen molar-refractivity contribution in [2.75, 3.05) is 35.5 Å². The molecule has 0 saturated heterocycles. The molecule has 117 valence electrons. The van der Waals surface area contributed by atoms with Crippen molar-refractivity contribution in [3.63, 3.8) is 0 Å². The van der Waals surface area contributed by atoms with Crippen LogP contribution in [-0.2, 0) is 0 Å². The van der Waals surface area contributed by atoms with Crippen LogP contribution in [0.15, 0.2) is 18.2 Å². The van der Waals surface area contributed by atoms with E-state index < -0.39 is 0 Å². The molecule has 2 aromatic rings. The van der Waals surface area contributed by atoms with Crippen molar-refractivity contribution in [2.45, 2.75) is 0 Å². The lowest BCUT2D eigenvalue weighted by Crippen LogP contribution is -1.98. The maximum atomic E-state index is 5.34. The molecule has 2 rings (SSSR count). The highest BCUT2D eigenvalue weighted by Crippen LogP contribution is 2.41. The minimum atomic E-state index is 0.380. The Morgan fingerprint density at radius 2 is 1.36 bits per heavy atom. The van der Waals surface area contributed by atoms with Crippen LogP contribution in [0.25, 0.3) is 11.3 Å². The van der Waals surface area contributed by atoms with Gasteiger partial charge in [0.2, 0.25) is 5.75 Å². The Morgan fingerprint density at radius 1 is 0.773 bits per heavy atom. The zero-order valence-corrected chi connectivity index (χ0v) is 13.2. The maximum absolute atomic E-state index is 5.34. The van der Waals surface area contributed by atoms with Gasteiger partial charge in [-0.3, -0.25) is 0 Å². The molecule has 0 spiro atoms. The van der Waals surface area contributed by atoms with Crippen LogP contribution in [0.1, 0.15) is 0 Å². The molecular weight excluding hydrogens is 286 g/mol. The van der Waals surface area contributed by atoms with E-state index in [-0.39, 0.29) is 0 Å². The van der Waals surface area contributed by atoms with Gasteiger partial charge in [0, 0.05) is 11.6 Å². The number of aromatic nitrogens is 1. The molecule has 0 bridgehead atoms. The molecule has 1 radical (unpaired) electrons. The van der Waals surface area contributed by atoms with Crippen molar-refractivity contribution < 1.29 is 23.7 Å². The maximum Gasteiger partial charge on any atom is 0.257 e. The lowest BCUT2D eigenvalue weighted by Gasteiger charge is -2.14. The van der Waals surface area contributed by atoms with E-state index in [1.54, 1.807) is 46.6 Å². The summed E-state index contributed by atoms with van der Waals surface area (Å²) in [7, 11) is 7.76. The van der Waals surface area contributed by atoms with E-state index >= 15 is 0 Å². The third-order valence-electron chi connectivity index (χ3n) is 3.12. The van der Waals surface area contributed by atoms with Crippen LogP contribution >= 0.6 is 0 Å². The summed E-state index contributed by atoms with van der Waals surface area (Å²) in [4.78, 5) is 4.38. The number of benzene rings is 1. The van der Waals surface area contributed by atoms with Crippen LogP contribution in [0.3, 0.4) is 0 Å². The molecule has 6 nitrogen and oxygen atoms in total. The van der Waals surface area contributed by atoms with Crippen LogP contribution in [0.2, 0.25) is 0 Å². The molecule has 0 unspecified atom stereocenters. The number of hydrogen-bond acceptors (Lipinski definition) is 6. The summed E-state index contributed by atoms with van der Waals surface area (Å²) >= 11 is 0. The summed E-state index contributed by atoms with van der Waals surface area (Å²) in [5, 5.41) is 0.